The lowest BCUT2D eigenvalue weighted by Gasteiger charge is -2.25. The van der Waals surface area contributed by atoms with Crippen LogP contribution in [0.25, 0.3) is 11.0 Å². The van der Waals surface area contributed by atoms with Crippen LogP contribution >= 0.6 is 0 Å². The second-order valence-electron chi connectivity index (χ2n) is 7.01. The molecule has 0 aliphatic carbocycles. The second kappa shape index (κ2) is 7.53. The number of anilines is 1. The van der Waals surface area contributed by atoms with Gasteiger partial charge in [0.25, 0.3) is 5.91 Å². The first kappa shape index (κ1) is 18.5. The van der Waals surface area contributed by atoms with Crippen molar-refractivity contribution in [1.82, 2.24) is 15.3 Å². The summed E-state index contributed by atoms with van der Waals surface area (Å²) in [6.07, 6.45) is 1.83. The zero-order valence-electron chi connectivity index (χ0n) is 15.6. The van der Waals surface area contributed by atoms with Crippen LogP contribution in [0.5, 0.6) is 0 Å². The van der Waals surface area contributed by atoms with E-state index in [9.17, 15) is 9.59 Å². The van der Waals surface area contributed by atoms with Crippen LogP contribution in [-0.2, 0) is 10.2 Å². The third kappa shape index (κ3) is 4.28. The van der Waals surface area contributed by atoms with Crippen molar-refractivity contribution in [2.45, 2.75) is 25.7 Å². The summed E-state index contributed by atoms with van der Waals surface area (Å²) in [6, 6.07) is 14.9. The van der Waals surface area contributed by atoms with Crippen LogP contribution in [0.4, 0.5) is 5.69 Å². The first-order valence-corrected chi connectivity index (χ1v) is 8.73. The summed E-state index contributed by atoms with van der Waals surface area (Å²) in [6.45, 7) is 4.00. The molecule has 6 heteroatoms. The van der Waals surface area contributed by atoms with Gasteiger partial charge >= 0.3 is 0 Å². The molecular formula is C21H22N4O2. The lowest BCUT2D eigenvalue weighted by atomic mass is 9.81. The molecule has 0 unspecified atom stereocenters. The first-order valence-electron chi connectivity index (χ1n) is 8.73. The summed E-state index contributed by atoms with van der Waals surface area (Å²) in [7, 11) is 1.62. The number of rotatable bonds is 5. The molecule has 0 bridgehead atoms. The van der Waals surface area contributed by atoms with Gasteiger partial charge in [-0.2, -0.15) is 0 Å². The minimum atomic E-state index is -0.358. The lowest BCUT2D eigenvalue weighted by Crippen LogP contribution is -2.28. The highest BCUT2D eigenvalue weighted by Crippen LogP contribution is 2.29. The van der Waals surface area contributed by atoms with E-state index in [4.69, 9.17) is 0 Å². The van der Waals surface area contributed by atoms with E-state index in [0.717, 1.165) is 11.1 Å². The number of hydrogen-bond acceptors (Lipinski definition) is 4. The molecule has 0 aliphatic rings. The maximum atomic E-state index is 12.6. The number of amides is 2. The summed E-state index contributed by atoms with van der Waals surface area (Å²) >= 11 is 0. The zero-order chi connectivity index (χ0) is 19.4. The minimum absolute atomic E-state index is 0.0270. The topological polar surface area (TPSA) is 84.0 Å². The first-order chi connectivity index (χ1) is 12.9. The largest absolute Gasteiger partial charge is 0.359 e. The van der Waals surface area contributed by atoms with Crippen LogP contribution < -0.4 is 10.6 Å². The highest BCUT2D eigenvalue weighted by Gasteiger charge is 2.24. The monoisotopic (exact) mass is 362 g/mol. The van der Waals surface area contributed by atoms with Crippen molar-refractivity contribution in [2.24, 2.45) is 0 Å². The molecule has 0 fully saturated rings. The van der Waals surface area contributed by atoms with Crippen molar-refractivity contribution in [3.63, 3.8) is 0 Å². The van der Waals surface area contributed by atoms with Crippen LogP contribution in [0.1, 0.15) is 36.3 Å². The predicted molar refractivity (Wildman–Crippen MR) is 106 cm³/mol. The van der Waals surface area contributed by atoms with Crippen molar-refractivity contribution < 1.29 is 9.59 Å². The molecule has 3 rings (SSSR count). The number of nitrogens with one attached hydrogen (secondary N) is 2. The van der Waals surface area contributed by atoms with E-state index in [1.54, 1.807) is 7.05 Å². The fourth-order valence-corrected chi connectivity index (χ4v) is 2.87. The molecule has 1 heterocycles. The smallest absolute Gasteiger partial charge is 0.275 e. The van der Waals surface area contributed by atoms with Gasteiger partial charge in [0, 0.05) is 19.2 Å². The van der Waals surface area contributed by atoms with Crippen LogP contribution in [0.15, 0.2) is 54.7 Å². The van der Waals surface area contributed by atoms with E-state index < -0.39 is 0 Å². The molecule has 0 saturated carbocycles. The molecule has 1 aromatic heterocycles. The van der Waals surface area contributed by atoms with Gasteiger partial charge in [-0.1, -0.05) is 38.1 Å². The lowest BCUT2D eigenvalue weighted by molar-refractivity contribution is -0.121. The van der Waals surface area contributed by atoms with E-state index in [0.29, 0.717) is 17.6 Å². The average Bonchev–Trinajstić information content (AvgIpc) is 2.67. The van der Waals surface area contributed by atoms with Gasteiger partial charge < -0.3 is 10.6 Å². The Hall–Kier alpha value is -3.28. The molecule has 3 aromatic rings. The van der Waals surface area contributed by atoms with E-state index >= 15 is 0 Å². The second-order valence-corrected chi connectivity index (χ2v) is 7.01. The number of aromatic nitrogens is 2. The number of benzene rings is 2. The Morgan fingerprint density at radius 2 is 1.78 bits per heavy atom. The molecule has 0 saturated heterocycles. The number of carbonyl (C=O) groups is 2. The maximum Gasteiger partial charge on any atom is 0.275 e. The number of fused-ring (bicyclic) bond motifs is 1. The fraction of sp³-hybridized carbons (Fsp3) is 0.238. The highest BCUT2D eigenvalue weighted by molar-refractivity contribution is 6.03. The Morgan fingerprint density at radius 3 is 2.52 bits per heavy atom. The van der Waals surface area contributed by atoms with Crippen molar-refractivity contribution in [3.05, 3.63) is 66.0 Å². The quantitative estimate of drug-likeness (QED) is 0.729. The van der Waals surface area contributed by atoms with E-state index in [1.807, 2.05) is 62.4 Å². The molecule has 0 spiro atoms. The predicted octanol–water partition coefficient (Wildman–Crippen LogP) is 3.30. The molecule has 2 amide bonds. The summed E-state index contributed by atoms with van der Waals surface area (Å²) in [5.41, 5.74) is 2.93. The summed E-state index contributed by atoms with van der Waals surface area (Å²) in [5, 5.41) is 5.51. The summed E-state index contributed by atoms with van der Waals surface area (Å²) in [5.74, 6) is -0.351. The normalized spacial score (nSPS) is 11.2. The van der Waals surface area contributed by atoms with Crippen LogP contribution in [-0.4, -0.2) is 28.8 Å². The third-order valence-corrected chi connectivity index (χ3v) is 4.46. The third-order valence-electron chi connectivity index (χ3n) is 4.46. The Kier molecular flexibility index (Phi) is 5.16. The summed E-state index contributed by atoms with van der Waals surface area (Å²) < 4.78 is 0. The van der Waals surface area contributed by atoms with Crippen molar-refractivity contribution in [1.29, 1.82) is 0 Å². The molecule has 0 atom stereocenters. The van der Waals surface area contributed by atoms with Gasteiger partial charge in [-0.3, -0.25) is 14.6 Å². The Labute approximate surface area is 158 Å². The molecule has 138 valence electrons. The van der Waals surface area contributed by atoms with Crippen molar-refractivity contribution >= 4 is 28.5 Å². The number of hydrogen-bond donors (Lipinski definition) is 2. The van der Waals surface area contributed by atoms with E-state index in [2.05, 4.69) is 20.6 Å². The van der Waals surface area contributed by atoms with E-state index in [1.165, 1.54) is 6.20 Å². The van der Waals surface area contributed by atoms with Crippen LogP contribution in [0.2, 0.25) is 0 Å². The van der Waals surface area contributed by atoms with Gasteiger partial charge in [0.15, 0.2) is 0 Å². The van der Waals surface area contributed by atoms with Crippen molar-refractivity contribution in [2.75, 3.05) is 12.4 Å². The summed E-state index contributed by atoms with van der Waals surface area (Å²) in [4.78, 5) is 33.0. The maximum absolute atomic E-state index is 12.6. The number of nitrogens with zero attached hydrogens (tertiary/aromatic N) is 2. The van der Waals surface area contributed by atoms with Crippen LogP contribution in [0, 0.1) is 0 Å². The Bertz CT molecular complexity index is 998. The van der Waals surface area contributed by atoms with Gasteiger partial charge in [-0.25, -0.2) is 4.98 Å². The van der Waals surface area contributed by atoms with Crippen molar-refractivity contribution in [3.8, 4) is 0 Å². The van der Waals surface area contributed by atoms with Gasteiger partial charge in [0.1, 0.15) is 5.69 Å². The molecule has 0 aliphatic heterocycles. The molecule has 27 heavy (non-hydrogen) atoms. The SMILES string of the molecule is CNC(=O)CC(C)(C)c1cccc(NC(=O)c2cnc3ccccc3n2)c1. The minimum Gasteiger partial charge on any atom is -0.359 e. The van der Waals surface area contributed by atoms with Crippen LogP contribution in [0.3, 0.4) is 0 Å². The average molecular weight is 362 g/mol. The molecule has 2 aromatic carbocycles. The molecule has 6 nitrogen and oxygen atoms in total. The zero-order valence-corrected chi connectivity index (χ0v) is 15.6. The fourth-order valence-electron chi connectivity index (χ4n) is 2.87. The molecule has 0 radical (unpaired) electrons. The van der Waals surface area contributed by atoms with Gasteiger partial charge in [-0.15, -0.1) is 0 Å². The Balaban J connectivity index is 1.80. The van der Waals surface area contributed by atoms with Gasteiger partial charge in [0.05, 0.1) is 17.2 Å². The Morgan fingerprint density at radius 1 is 1.04 bits per heavy atom. The number of para-hydroxylation sites is 2. The van der Waals surface area contributed by atoms with E-state index in [-0.39, 0.29) is 22.9 Å². The molecule has 2 N–H and O–H groups in total. The van der Waals surface area contributed by atoms with Gasteiger partial charge in [-0.05, 0) is 35.2 Å². The number of carbonyl (C=O) groups excluding carboxylic acids is 2. The molecular weight excluding hydrogens is 340 g/mol. The standard InChI is InChI=1S/C21H22N4O2/c1-21(2,12-19(26)22-3)14-7-6-8-15(11-14)24-20(27)18-13-23-16-9-4-5-10-17(16)25-18/h4-11,13H,12H2,1-3H3,(H,22,26)(H,24,27). The highest BCUT2D eigenvalue weighted by atomic mass is 16.2. The van der Waals surface area contributed by atoms with Gasteiger partial charge in [0.2, 0.25) is 5.91 Å².